The molecule has 1 aliphatic rings. The predicted octanol–water partition coefficient (Wildman–Crippen LogP) is 1.12. The maximum absolute atomic E-state index is 11.4. The molecular weight excluding hydrogens is 196 g/mol. The second-order valence-electron chi connectivity index (χ2n) is 4.28. The molecule has 1 atom stereocenters. The van der Waals surface area contributed by atoms with Gasteiger partial charge in [0, 0.05) is 7.11 Å². The molecule has 4 nitrogen and oxygen atoms in total. The van der Waals surface area contributed by atoms with Crippen molar-refractivity contribution in [1.82, 2.24) is 0 Å². The van der Waals surface area contributed by atoms with Crippen LogP contribution in [0.15, 0.2) is 0 Å². The first kappa shape index (κ1) is 12.5. The van der Waals surface area contributed by atoms with Crippen molar-refractivity contribution >= 4 is 5.97 Å². The molecule has 4 heteroatoms. The average molecular weight is 216 g/mol. The summed E-state index contributed by atoms with van der Waals surface area (Å²) in [5.74, 6) is -0.798. The summed E-state index contributed by atoms with van der Waals surface area (Å²) in [6, 6.07) is 0. The Morgan fingerprint density at radius 3 is 2.33 bits per heavy atom. The number of rotatable bonds is 3. The summed E-state index contributed by atoms with van der Waals surface area (Å²) in [6.07, 6.45) is 3.02. The molecule has 0 spiro atoms. The zero-order valence-corrected chi connectivity index (χ0v) is 9.66. The fourth-order valence-corrected chi connectivity index (χ4v) is 2.16. The van der Waals surface area contributed by atoms with Gasteiger partial charge in [0.25, 0.3) is 0 Å². The van der Waals surface area contributed by atoms with Gasteiger partial charge < -0.3 is 14.6 Å². The first-order chi connectivity index (χ1) is 7.03. The Bertz CT molecular complexity index is 219. The van der Waals surface area contributed by atoms with Crippen LogP contribution in [0.4, 0.5) is 0 Å². The molecule has 1 saturated carbocycles. The number of carbonyl (C=O) groups is 1. The first-order valence-corrected chi connectivity index (χ1v) is 5.36. The Kier molecular flexibility index (Phi) is 4.11. The number of hydrogen-bond donors (Lipinski definition) is 1. The van der Waals surface area contributed by atoms with Crippen molar-refractivity contribution in [3.8, 4) is 0 Å². The lowest BCUT2D eigenvalue weighted by molar-refractivity contribution is -0.159. The van der Waals surface area contributed by atoms with Gasteiger partial charge in [0.1, 0.15) is 0 Å². The lowest BCUT2D eigenvalue weighted by atomic mass is 9.75. The fourth-order valence-electron chi connectivity index (χ4n) is 2.16. The predicted molar refractivity (Wildman–Crippen MR) is 55.4 cm³/mol. The van der Waals surface area contributed by atoms with E-state index in [0.717, 1.165) is 12.8 Å². The summed E-state index contributed by atoms with van der Waals surface area (Å²) >= 11 is 0. The SMILES string of the molecule is COC(=O)C(C)C1(O)CCC(OC)CC1. The van der Waals surface area contributed by atoms with E-state index >= 15 is 0 Å². The molecule has 15 heavy (non-hydrogen) atoms. The first-order valence-electron chi connectivity index (χ1n) is 5.36. The van der Waals surface area contributed by atoms with Crippen LogP contribution in [-0.2, 0) is 14.3 Å². The molecule has 0 bridgehead atoms. The van der Waals surface area contributed by atoms with Gasteiger partial charge in [-0.25, -0.2) is 0 Å². The van der Waals surface area contributed by atoms with Gasteiger partial charge >= 0.3 is 5.97 Å². The van der Waals surface area contributed by atoms with Gasteiger partial charge in [-0.05, 0) is 32.6 Å². The van der Waals surface area contributed by atoms with Crippen molar-refractivity contribution in [3.63, 3.8) is 0 Å². The summed E-state index contributed by atoms with van der Waals surface area (Å²) < 4.78 is 9.88. The van der Waals surface area contributed by atoms with Crippen LogP contribution in [0.2, 0.25) is 0 Å². The number of carbonyl (C=O) groups excluding carboxylic acids is 1. The highest BCUT2D eigenvalue weighted by Gasteiger charge is 2.41. The number of esters is 1. The van der Waals surface area contributed by atoms with Crippen LogP contribution in [0.5, 0.6) is 0 Å². The molecule has 1 aliphatic carbocycles. The maximum Gasteiger partial charge on any atom is 0.311 e. The van der Waals surface area contributed by atoms with E-state index in [2.05, 4.69) is 4.74 Å². The molecule has 0 aromatic heterocycles. The summed E-state index contributed by atoms with van der Waals surface area (Å²) in [7, 11) is 3.03. The van der Waals surface area contributed by atoms with Crippen LogP contribution in [-0.4, -0.2) is 37.0 Å². The molecule has 0 aromatic rings. The Labute approximate surface area is 90.6 Å². The lowest BCUT2D eigenvalue weighted by Crippen LogP contribution is -2.45. The van der Waals surface area contributed by atoms with Crippen molar-refractivity contribution in [2.45, 2.75) is 44.3 Å². The minimum absolute atomic E-state index is 0.218. The molecule has 1 unspecified atom stereocenters. The van der Waals surface area contributed by atoms with Gasteiger partial charge in [0.15, 0.2) is 0 Å². The van der Waals surface area contributed by atoms with Gasteiger partial charge in [-0.15, -0.1) is 0 Å². The maximum atomic E-state index is 11.4. The van der Waals surface area contributed by atoms with Crippen LogP contribution in [0.25, 0.3) is 0 Å². The van der Waals surface area contributed by atoms with E-state index in [1.54, 1.807) is 14.0 Å². The van der Waals surface area contributed by atoms with E-state index in [4.69, 9.17) is 4.74 Å². The molecule has 0 aliphatic heterocycles. The second-order valence-corrected chi connectivity index (χ2v) is 4.28. The molecule has 0 radical (unpaired) electrons. The average Bonchev–Trinajstić information content (AvgIpc) is 2.28. The Hall–Kier alpha value is -0.610. The van der Waals surface area contributed by atoms with E-state index in [1.807, 2.05) is 0 Å². The minimum Gasteiger partial charge on any atom is -0.469 e. The molecule has 0 saturated heterocycles. The van der Waals surface area contributed by atoms with Crippen molar-refractivity contribution in [2.75, 3.05) is 14.2 Å². The Morgan fingerprint density at radius 2 is 1.93 bits per heavy atom. The van der Waals surface area contributed by atoms with E-state index in [-0.39, 0.29) is 12.1 Å². The molecule has 0 heterocycles. The van der Waals surface area contributed by atoms with Gasteiger partial charge in [-0.2, -0.15) is 0 Å². The topological polar surface area (TPSA) is 55.8 Å². The molecule has 1 rings (SSSR count). The molecule has 1 N–H and O–H groups in total. The summed E-state index contributed by atoms with van der Waals surface area (Å²) in [4.78, 5) is 11.4. The lowest BCUT2D eigenvalue weighted by Gasteiger charge is -2.38. The third kappa shape index (κ3) is 2.69. The Balaban J connectivity index is 2.57. The monoisotopic (exact) mass is 216 g/mol. The number of ether oxygens (including phenoxy) is 2. The third-order valence-electron chi connectivity index (χ3n) is 3.49. The van der Waals surface area contributed by atoms with Crippen LogP contribution in [0, 0.1) is 5.92 Å². The summed E-state index contributed by atoms with van der Waals surface area (Å²) in [5.41, 5.74) is -0.915. The Morgan fingerprint density at radius 1 is 1.40 bits per heavy atom. The van der Waals surface area contributed by atoms with E-state index < -0.39 is 11.5 Å². The van der Waals surface area contributed by atoms with Crippen molar-refractivity contribution in [3.05, 3.63) is 0 Å². The van der Waals surface area contributed by atoms with Crippen LogP contribution >= 0.6 is 0 Å². The highest BCUT2D eigenvalue weighted by molar-refractivity contribution is 5.73. The highest BCUT2D eigenvalue weighted by Crippen LogP contribution is 2.35. The van der Waals surface area contributed by atoms with Gasteiger partial charge in [-0.1, -0.05) is 0 Å². The van der Waals surface area contributed by atoms with E-state index in [1.165, 1.54) is 7.11 Å². The van der Waals surface area contributed by atoms with Crippen LogP contribution in [0.3, 0.4) is 0 Å². The quantitative estimate of drug-likeness (QED) is 0.718. The largest absolute Gasteiger partial charge is 0.469 e. The van der Waals surface area contributed by atoms with Gasteiger partial charge in [0.2, 0.25) is 0 Å². The third-order valence-corrected chi connectivity index (χ3v) is 3.49. The summed E-state index contributed by atoms with van der Waals surface area (Å²) in [6.45, 7) is 1.72. The molecule has 0 amide bonds. The number of hydrogen-bond acceptors (Lipinski definition) is 4. The molecular formula is C11H20O4. The van der Waals surface area contributed by atoms with Crippen molar-refractivity contribution in [2.24, 2.45) is 5.92 Å². The smallest absolute Gasteiger partial charge is 0.311 e. The summed E-state index contributed by atoms with van der Waals surface area (Å²) in [5, 5.41) is 10.3. The standard InChI is InChI=1S/C11H20O4/c1-8(10(12)15-3)11(13)6-4-9(14-2)5-7-11/h8-9,13H,4-7H2,1-3H3. The zero-order valence-electron chi connectivity index (χ0n) is 9.66. The van der Waals surface area contributed by atoms with E-state index in [9.17, 15) is 9.90 Å². The van der Waals surface area contributed by atoms with Crippen molar-refractivity contribution in [1.29, 1.82) is 0 Å². The van der Waals surface area contributed by atoms with Gasteiger partial charge in [-0.3, -0.25) is 4.79 Å². The van der Waals surface area contributed by atoms with Gasteiger partial charge in [0.05, 0.1) is 24.7 Å². The zero-order chi connectivity index (χ0) is 11.5. The van der Waals surface area contributed by atoms with Crippen molar-refractivity contribution < 1.29 is 19.4 Å². The van der Waals surface area contributed by atoms with Crippen LogP contribution < -0.4 is 0 Å². The molecule has 0 aromatic carbocycles. The highest BCUT2D eigenvalue weighted by atomic mass is 16.5. The fraction of sp³-hybridized carbons (Fsp3) is 0.909. The molecule has 1 fully saturated rings. The number of aliphatic hydroxyl groups is 1. The van der Waals surface area contributed by atoms with Crippen LogP contribution in [0.1, 0.15) is 32.6 Å². The van der Waals surface area contributed by atoms with E-state index in [0.29, 0.717) is 12.8 Å². The number of methoxy groups -OCH3 is 2. The minimum atomic E-state index is -0.915. The molecule has 88 valence electrons. The normalized spacial score (nSPS) is 33.5. The second kappa shape index (κ2) is 4.94.